The average Bonchev–Trinajstić information content (AvgIpc) is 2.76. The van der Waals surface area contributed by atoms with Crippen molar-refractivity contribution in [3.05, 3.63) is 35.4 Å². The predicted octanol–water partition coefficient (Wildman–Crippen LogP) is 6.12. The van der Waals surface area contributed by atoms with Crippen molar-refractivity contribution in [1.82, 2.24) is 0 Å². The van der Waals surface area contributed by atoms with Crippen molar-refractivity contribution in [2.45, 2.75) is 80.1 Å². The highest BCUT2D eigenvalue weighted by Crippen LogP contribution is 2.47. The average molecular weight is 487 g/mol. The highest BCUT2D eigenvalue weighted by molar-refractivity contribution is 5.78. The van der Waals surface area contributed by atoms with E-state index in [0.29, 0.717) is 11.5 Å². The Morgan fingerprint density at radius 1 is 1.03 bits per heavy atom. The number of hydrogen-bond acceptors (Lipinski definition) is 7. The van der Waals surface area contributed by atoms with E-state index >= 15 is 0 Å². The molecule has 0 unspecified atom stereocenters. The van der Waals surface area contributed by atoms with Crippen LogP contribution in [0.4, 0.5) is 0 Å². The maximum absolute atomic E-state index is 11.9. The fraction of sp³-hybridized carbons (Fsp3) is 0.536. The minimum absolute atomic E-state index is 0.0153. The van der Waals surface area contributed by atoms with Crippen molar-refractivity contribution in [1.29, 1.82) is 0 Å². The Bertz CT molecular complexity index is 1020. The fourth-order valence-electron chi connectivity index (χ4n) is 4.59. The molecule has 1 aliphatic carbocycles. The van der Waals surface area contributed by atoms with Gasteiger partial charge in [0, 0.05) is 32.4 Å². The lowest BCUT2D eigenvalue weighted by Gasteiger charge is -2.40. The maximum atomic E-state index is 11.9. The molecule has 0 bridgehead atoms. The van der Waals surface area contributed by atoms with E-state index in [1.807, 2.05) is 13.0 Å². The van der Waals surface area contributed by atoms with Gasteiger partial charge in [0.15, 0.2) is 23.0 Å². The van der Waals surface area contributed by atoms with Crippen LogP contribution < -0.4 is 18.9 Å². The highest BCUT2D eigenvalue weighted by Gasteiger charge is 2.33. The number of carbonyl (C=O) groups is 3. The number of rotatable bonds is 9. The van der Waals surface area contributed by atoms with Crippen molar-refractivity contribution in [2.24, 2.45) is 11.3 Å². The molecule has 1 fully saturated rings. The second-order valence-corrected chi connectivity index (χ2v) is 9.63. The van der Waals surface area contributed by atoms with Crippen LogP contribution in [0.25, 0.3) is 0 Å². The van der Waals surface area contributed by atoms with Crippen LogP contribution in [0.3, 0.4) is 0 Å². The molecule has 1 aromatic rings. The van der Waals surface area contributed by atoms with E-state index in [4.69, 9.17) is 18.9 Å². The summed E-state index contributed by atoms with van der Waals surface area (Å²) < 4.78 is 21.6. The fourth-order valence-corrected chi connectivity index (χ4v) is 4.59. The Labute approximate surface area is 208 Å². The SMILES string of the molecule is C=C1[C@H](C)CCC[C@]1(C)CC/C(C)=C/Cc1c(OC(C)=O)c(OC)cc(OC(C)=O)c1OC(C)=O. The van der Waals surface area contributed by atoms with E-state index in [1.165, 1.54) is 52.4 Å². The van der Waals surface area contributed by atoms with Gasteiger partial charge in [-0.1, -0.05) is 44.1 Å². The number of hydrogen-bond donors (Lipinski definition) is 0. The third-order valence-electron chi connectivity index (χ3n) is 6.68. The highest BCUT2D eigenvalue weighted by atomic mass is 16.6. The quantitative estimate of drug-likeness (QED) is 0.236. The Morgan fingerprint density at radius 3 is 2.14 bits per heavy atom. The summed E-state index contributed by atoms with van der Waals surface area (Å²) >= 11 is 0. The van der Waals surface area contributed by atoms with Gasteiger partial charge in [0.25, 0.3) is 0 Å². The molecule has 0 saturated heterocycles. The number of allylic oxidation sites excluding steroid dienone is 3. The lowest BCUT2D eigenvalue weighted by atomic mass is 9.65. The molecular formula is C28H38O7. The smallest absolute Gasteiger partial charge is 0.308 e. The molecule has 0 heterocycles. The molecule has 35 heavy (non-hydrogen) atoms. The molecule has 192 valence electrons. The molecule has 1 aromatic carbocycles. The van der Waals surface area contributed by atoms with Crippen molar-refractivity contribution in [3.8, 4) is 23.0 Å². The number of ether oxygens (including phenoxy) is 4. The normalized spacial score (nSPS) is 20.3. The first-order chi connectivity index (χ1) is 16.4. The van der Waals surface area contributed by atoms with Gasteiger partial charge in [-0.05, 0) is 50.4 Å². The zero-order chi connectivity index (χ0) is 26.3. The van der Waals surface area contributed by atoms with Crippen LogP contribution in [0, 0.1) is 11.3 Å². The number of methoxy groups -OCH3 is 1. The molecule has 0 spiro atoms. The first-order valence-corrected chi connectivity index (χ1v) is 12.0. The second-order valence-electron chi connectivity index (χ2n) is 9.63. The van der Waals surface area contributed by atoms with E-state index in [1.54, 1.807) is 0 Å². The van der Waals surface area contributed by atoms with E-state index in [-0.39, 0.29) is 34.8 Å². The molecule has 0 aliphatic heterocycles. The van der Waals surface area contributed by atoms with E-state index in [9.17, 15) is 14.4 Å². The van der Waals surface area contributed by atoms with Crippen LogP contribution in [0.15, 0.2) is 29.9 Å². The van der Waals surface area contributed by atoms with Crippen molar-refractivity contribution in [3.63, 3.8) is 0 Å². The van der Waals surface area contributed by atoms with Crippen LogP contribution in [0.5, 0.6) is 23.0 Å². The van der Waals surface area contributed by atoms with Gasteiger partial charge >= 0.3 is 17.9 Å². The number of benzene rings is 1. The molecular weight excluding hydrogens is 448 g/mol. The largest absolute Gasteiger partial charge is 0.493 e. The summed E-state index contributed by atoms with van der Waals surface area (Å²) in [5.41, 5.74) is 2.95. The van der Waals surface area contributed by atoms with E-state index in [0.717, 1.165) is 24.8 Å². The topological polar surface area (TPSA) is 88.1 Å². The van der Waals surface area contributed by atoms with Gasteiger partial charge < -0.3 is 18.9 Å². The summed E-state index contributed by atoms with van der Waals surface area (Å²) in [4.78, 5) is 35.4. The van der Waals surface area contributed by atoms with E-state index in [2.05, 4.69) is 20.4 Å². The predicted molar refractivity (Wildman–Crippen MR) is 134 cm³/mol. The summed E-state index contributed by atoms with van der Waals surface area (Å²) in [6.07, 6.45) is 7.68. The first kappa shape index (κ1) is 28.1. The molecule has 7 heteroatoms. The number of esters is 3. The Hall–Kier alpha value is -3.09. The van der Waals surface area contributed by atoms with E-state index < -0.39 is 17.9 Å². The van der Waals surface area contributed by atoms with Gasteiger partial charge in [0.1, 0.15) is 0 Å². The zero-order valence-electron chi connectivity index (χ0n) is 22.0. The summed E-state index contributed by atoms with van der Waals surface area (Å²) in [6, 6.07) is 1.37. The molecule has 1 saturated carbocycles. The Kier molecular flexibility index (Phi) is 9.69. The summed E-state index contributed by atoms with van der Waals surface area (Å²) in [7, 11) is 1.41. The van der Waals surface area contributed by atoms with Gasteiger partial charge in [-0.15, -0.1) is 0 Å². The molecule has 2 rings (SSSR count). The molecule has 0 amide bonds. The lowest BCUT2D eigenvalue weighted by molar-refractivity contribution is -0.134. The third-order valence-corrected chi connectivity index (χ3v) is 6.68. The molecule has 0 radical (unpaired) electrons. The molecule has 7 nitrogen and oxygen atoms in total. The van der Waals surface area contributed by atoms with Crippen LogP contribution >= 0.6 is 0 Å². The summed E-state index contributed by atoms with van der Waals surface area (Å²) in [6.45, 7) is 14.7. The molecule has 0 N–H and O–H groups in total. The van der Waals surface area contributed by atoms with Crippen LogP contribution in [-0.2, 0) is 20.8 Å². The maximum Gasteiger partial charge on any atom is 0.308 e. The number of carbonyl (C=O) groups excluding carboxylic acids is 3. The minimum atomic E-state index is -0.600. The molecule has 1 aliphatic rings. The van der Waals surface area contributed by atoms with Crippen molar-refractivity contribution >= 4 is 17.9 Å². The summed E-state index contributed by atoms with van der Waals surface area (Å²) in [5.74, 6) is -0.863. The van der Waals surface area contributed by atoms with Crippen molar-refractivity contribution < 1.29 is 33.3 Å². The monoisotopic (exact) mass is 486 g/mol. The minimum Gasteiger partial charge on any atom is -0.493 e. The van der Waals surface area contributed by atoms with Crippen molar-refractivity contribution in [2.75, 3.05) is 7.11 Å². The molecule has 0 aromatic heterocycles. The van der Waals surface area contributed by atoms with Gasteiger partial charge in [0.2, 0.25) is 0 Å². The van der Waals surface area contributed by atoms with Gasteiger partial charge in [-0.2, -0.15) is 0 Å². The Balaban J connectivity index is 2.43. The van der Waals surface area contributed by atoms with Gasteiger partial charge in [-0.3, -0.25) is 14.4 Å². The first-order valence-electron chi connectivity index (χ1n) is 12.0. The summed E-state index contributed by atoms with van der Waals surface area (Å²) in [5, 5.41) is 0. The Morgan fingerprint density at radius 2 is 1.60 bits per heavy atom. The van der Waals surface area contributed by atoms with Crippen LogP contribution in [-0.4, -0.2) is 25.0 Å². The third kappa shape index (κ3) is 7.44. The van der Waals surface area contributed by atoms with Gasteiger partial charge in [0.05, 0.1) is 7.11 Å². The zero-order valence-corrected chi connectivity index (χ0v) is 22.0. The van der Waals surface area contributed by atoms with Crippen LogP contribution in [0.1, 0.15) is 79.2 Å². The molecule has 2 atom stereocenters. The second kappa shape index (κ2) is 12.0. The standard InChI is InChI=1S/C28H38O7/c1-17(13-15-28(7)14-9-10-18(2)19(28)3)11-12-23-26(34-21(5)30)24(32-8)16-25(33-20(4)29)27(23)35-22(6)31/h11,16,18H,3,9-10,12-15H2,1-2,4-8H3/b17-11+/t18-,28-/m1/s1. The van der Waals surface area contributed by atoms with Crippen LogP contribution in [0.2, 0.25) is 0 Å². The van der Waals surface area contributed by atoms with Gasteiger partial charge in [-0.25, -0.2) is 0 Å². The lowest BCUT2D eigenvalue weighted by Crippen LogP contribution is -2.27.